The van der Waals surface area contributed by atoms with Crippen LogP contribution in [0, 0.1) is 0 Å². The first-order valence-electron chi connectivity index (χ1n) is 4.69. The van der Waals surface area contributed by atoms with Crippen LogP contribution in [0.1, 0.15) is 6.92 Å². The predicted molar refractivity (Wildman–Crippen MR) is 53.0 cm³/mol. The van der Waals surface area contributed by atoms with Gasteiger partial charge in [-0.15, -0.1) is 5.10 Å². The molecule has 9 nitrogen and oxygen atoms in total. The number of rotatable bonds is 3. The number of hydrogen-bond donors (Lipinski definition) is 3. The van der Waals surface area contributed by atoms with Gasteiger partial charge in [-0.3, -0.25) is 5.32 Å². The lowest BCUT2D eigenvalue weighted by Gasteiger charge is -2.28. The van der Waals surface area contributed by atoms with E-state index in [0.717, 1.165) is 4.80 Å². The number of alkyl halides is 3. The third-order valence-electron chi connectivity index (χ3n) is 2.09. The monoisotopic (exact) mass is 282 g/mol. The summed E-state index contributed by atoms with van der Waals surface area (Å²) in [5.41, 5.74) is -3.43. The summed E-state index contributed by atoms with van der Waals surface area (Å²) >= 11 is 0. The van der Waals surface area contributed by atoms with Crippen LogP contribution >= 0.6 is 0 Å². The van der Waals surface area contributed by atoms with Gasteiger partial charge >= 0.3 is 18.2 Å². The minimum atomic E-state index is -5.17. The van der Waals surface area contributed by atoms with Crippen molar-refractivity contribution in [1.82, 2.24) is 25.5 Å². The number of carboxylic acid groups (broad SMARTS) is 1. The molecule has 0 spiro atoms. The molecule has 0 bridgehead atoms. The minimum Gasteiger partial charge on any atom is -0.479 e. The fourth-order valence-electron chi connectivity index (χ4n) is 0.940. The van der Waals surface area contributed by atoms with Gasteiger partial charge in [-0.1, -0.05) is 5.10 Å². The van der Waals surface area contributed by atoms with Crippen LogP contribution < -0.4 is 10.6 Å². The normalized spacial score (nSPS) is 14.6. The highest BCUT2D eigenvalue weighted by molar-refractivity contribution is 5.92. The number of nitrogens with zero attached hydrogens (tertiary/aromatic N) is 4. The standard InChI is InChI=1S/C7H9F3N6O3/c1-6(3(17)18,7(8,9)10)12-5(19)11-4-13-15-16(2)14-4/h1-2H3,(H,17,18)(H2,11,12,14,19). The summed E-state index contributed by atoms with van der Waals surface area (Å²) in [5.74, 6) is -2.61. The van der Waals surface area contributed by atoms with Gasteiger partial charge in [0.05, 0.1) is 7.05 Å². The molecule has 12 heteroatoms. The Morgan fingerprint density at radius 2 is 1.95 bits per heavy atom. The maximum atomic E-state index is 12.6. The molecule has 0 saturated heterocycles. The van der Waals surface area contributed by atoms with Gasteiger partial charge < -0.3 is 10.4 Å². The van der Waals surface area contributed by atoms with Crippen LogP contribution in [0.3, 0.4) is 0 Å². The molecule has 0 radical (unpaired) electrons. The highest BCUT2D eigenvalue weighted by atomic mass is 19.4. The van der Waals surface area contributed by atoms with Crippen molar-refractivity contribution in [3.63, 3.8) is 0 Å². The van der Waals surface area contributed by atoms with E-state index in [4.69, 9.17) is 5.11 Å². The number of hydrogen-bond acceptors (Lipinski definition) is 5. The maximum Gasteiger partial charge on any atom is 0.422 e. The Balaban J connectivity index is 2.81. The molecular formula is C7H9F3N6O3. The lowest BCUT2D eigenvalue weighted by atomic mass is 10.0. The number of aryl methyl sites for hydroxylation is 1. The second-order valence-electron chi connectivity index (χ2n) is 3.61. The third kappa shape index (κ3) is 3.08. The van der Waals surface area contributed by atoms with Crippen LogP contribution in [0.4, 0.5) is 23.9 Å². The number of aromatic nitrogens is 4. The summed E-state index contributed by atoms with van der Waals surface area (Å²) in [7, 11) is 1.37. The number of amides is 2. The summed E-state index contributed by atoms with van der Waals surface area (Å²) in [6, 6.07) is -1.42. The van der Waals surface area contributed by atoms with Gasteiger partial charge in [-0.05, 0) is 12.1 Å². The van der Waals surface area contributed by atoms with E-state index in [9.17, 15) is 22.8 Å². The van der Waals surface area contributed by atoms with Gasteiger partial charge in [-0.25, -0.2) is 9.59 Å². The molecule has 2 amide bonds. The summed E-state index contributed by atoms with van der Waals surface area (Å²) in [4.78, 5) is 22.9. The maximum absolute atomic E-state index is 12.6. The highest BCUT2D eigenvalue weighted by Gasteiger charge is 2.58. The van der Waals surface area contributed by atoms with E-state index in [1.54, 1.807) is 0 Å². The Morgan fingerprint density at radius 1 is 1.37 bits per heavy atom. The Kier molecular flexibility index (Phi) is 3.63. The van der Waals surface area contributed by atoms with E-state index in [0.29, 0.717) is 6.92 Å². The van der Waals surface area contributed by atoms with Crippen molar-refractivity contribution in [3.8, 4) is 0 Å². The second-order valence-corrected chi connectivity index (χ2v) is 3.61. The number of nitrogens with one attached hydrogen (secondary N) is 2. The Morgan fingerprint density at radius 3 is 2.32 bits per heavy atom. The molecule has 0 aliphatic rings. The predicted octanol–water partition coefficient (Wildman–Crippen LogP) is -0.263. The molecule has 0 aromatic carbocycles. The zero-order valence-corrected chi connectivity index (χ0v) is 9.69. The Labute approximate surface area is 103 Å². The van der Waals surface area contributed by atoms with Crippen LogP contribution in [0.5, 0.6) is 0 Å². The molecule has 1 heterocycles. The molecule has 1 unspecified atom stereocenters. The van der Waals surface area contributed by atoms with Gasteiger partial charge in [0.15, 0.2) is 0 Å². The molecule has 0 fully saturated rings. The molecule has 0 aliphatic heterocycles. The molecule has 1 aromatic heterocycles. The largest absolute Gasteiger partial charge is 0.479 e. The van der Waals surface area contributed by atoms with E-state index in [1.165, 1.54) is 12.4 Å². The average Bonchev–Trinajstić information content (AvgIpc) is 2.61. The van der Waals surface area contributed by atoms with E-state index < -0.39 is 23.7 Å². The number of urea groups is 1. The van der Waals surface area contributed by atoms with Crippen molar-refractivity contribution >= 4 is 17.9 Å². The first-order valence-corrected chi connectivity index (χ1v) is 4.69. The van der Waals surface area contributed by atoms with Crippen molar-refractivity contribution in [1.29, 1.82) is 0 Å². The van der Waals surface area contributed by atoms with Crippen LogP contribution in [0.15, 0.2) is 0 Å². The fourth-order valence-corrected chi connectivity index (χ4v) is 0.940. The minimum absolute atomic E-state index is 0.318. The Bertz CT molecular complexity index is 501. The van der Waals surface area contributed by atoms with Gasteiger partial charge in [0, 0.05) is 0 Å². The van der Waals surface area contributed by atoms with Gasteiger partial charge in [0.25, 0.3) is 5.95 Å². The molecule has 19 heavy (non-hydrogen) atoms. The summed E-state index contributed by atoms with van der Waals surface area (Å²) in [6.07, 6.45) is -5.17. The molecular weight excluding hydrogens is 273 g/mol. The summed E-state index contributed by atoms with van der Waals surface area (Å²) in [6.45, 7) is 0.318. The van der Waals surface area contributed by atoms with Crippen LogP contribution in [-0.2, 0) is 11.8 Å². The topological polar surface area (TPSA) is 122 Å². The summed E-state index contributed by atoms with van der Waals surface area (Å²) < 4.78 is 37.8. The number of halogens is 3. The second kappa shape index (κ2) is 4.70. The zero-order chi connectivity index (χ0) is 14.8. The lowest BCUT2D eigenvalue weighted by Crippen LogP contribution is -2.62. The van der Waals surface area contributed by atoms with Crippen molar-refractivity contribution in [2.45, 2.75) is 18.6 Å². The lowest BCUT2D eigenvalue weighted by molar-refractivity contribution is -0.203. The molecule has 3 N–H and O–H groups in total. The zero-order valence-electron chi connectivity index (χ0n) is 9.69. The van der Waals surface area contributed by atoms with E-state index in [1.807, 2.05) is 5.32 Å². The van der Waals surface area contributed by atoms with Crippen molar-refractivity contribution in [2.75, 3.05) is 5.32 Å². The smallest absolute Gasteiger partial charge is 0.422 e. The first kappa shape index (κ1) is 14.7. The molecule has 0 aliphatic carbocycles. The highest BCUT2D eigenvalue weighted by Crippen LogP contribution is 2.30. The van der Waals surface area contributed by atoms with Crippen molar-refractivity contribution < 1.29 is 27.9 Å². The van der Waals surface area contributed by atoms with Gasteiger partial charge in [0.1, 0.15) is 0 Å². The first-order chi connectivity index (χ1) is 8.56. The molecule has 0 saturated carbocycles. The van der Waals surface area contributed by atoms with E-state index in [2.05, 4.69) is 15.4 Å². The van der Waals surface area contributed by atoms with Gasteiger partial charge in [0.2, 0.25) is 5.54 Å². The van der Waals surface area contributed by atoms with E-state index in [-0.39, 0.29) is 5.95 Å². The molecule has 1 aromatic rings. The number of anilines is 1. The van der Waals surface area contributed by atoms with Crippen molar-refractivity contribution in [3.05, 3.63) is 0 Å². The third-order valence-corrected chi connectivity index (χ3v) is 2.09. The van der Waals surface area contributed by atoms with Crippen molar-refractivity contribution in [2.24, 2.45) is 7.05 Å². The number of aliphatic carboxylic acids is 1. The average molecular weight is 282 g/mol. The fraction of sp³-hybridized carbons (Fsp3) is 0.571. The molecule has 1 atom stereocenters. The van der Waals surface area contributed by atoms with Crippen LogP contribution in [0.2, 0.25) is 0 Å². The number of carbonyl (C=O) groups is 2. The molecule has 106 valence electrons. The van der Waals surface area contributed by atoms with Crippen LogP contribution in [-0.4, -0.2) is 49.0 Å². The molecule has 1 rings (SSSR count). The summed E-state index contributed by atoms with van der Waals surface area (Å²) in [5, 5.41) is 21.8. The quantitative estimate of drug-likeness (QED) is 0.702. The van der Waals surface area contributed by atoms with Gasteiger partial charge in [-0.2, -0.15) is 18.0 Å². The number of tetrazole rings is 1. The number of carboxylic acids is 1. The van der Waals surface area contributed by atoms with E-state index >= 15 is 0 Å². The Hall–Kier alpha value is -2.40. The SMILES string of the molecule is Cn1nnc(NC(=O)NC(C)(C(=O)O)C(F)(F)F)n1. The number of carbonyl (C=O) groups excluding carboxylic acids is 1. The van der Waals surface area contributed by atoms with Crippen LogP contribution in [0.25, 0.3) is 0 Å².